The van der Waals surface area contributed by atoms with Gasteiger partial charge in [-0.3, -0.25) is 28.8 Å². The van der Waals surface area contributed by atoms with E-state index in [0.29, 0.717) is 12.2 Å². The molecule has 0 bridgehead atoms. The number of ether oxygens (including phenoxy) is 4. The van der Waals surface area contributed by atoms with Gasteiger partial charge in [-0.25, -0.2) is 4.79 Å². The molecule has 0 fully saturated rings. The highest BCUT2D eigenvalue weighted by Crippen LogP contribution is 2.31. The van der Waals surface area contributed by atoms with Gasteiger partial charge in [0.15, 0.2) is 34.9 Å². The quantitative estimate of drug-likeness (QED) is 0.136. The molecule has 226 valence electrons. The van der Waals surface area contributed by atoms with E-state index in [1.165, 1.54) is 36.4 Å². The first kappa shape index (κ1) is 33.7. The SMILES string of the molecule is CC(=O)Oc1ccc(C=CC(=O)C(O)C(O)(C(=O)O)C(=O)C=Cc2ccc(OC(C)=O)c(OC(C)=O)c2)cc1OC(C)=O. The number of aliphatic carboxylic acids is 1. The zero-order valence-corrected chi connectivity index (χ0v) is 23.2. The molecule has 0 aromatic heterocycles. The van der Waals surface area contributed by atoms with Gasteiger partial charge in [-0.05, 0) is 47.5 Å². The third kappa shape index (κ3) is 9.27. The monoisotopic (exact) mass is 598 g/mol. The Bertz CT molecular complexity index is 1530. The number of carbonyl (C=O) groups is 7. The fraction of sp³-hybridized carbons (Fsp3) is 0.207. The van der Waals surface area contributed by atoms with Crippen LogP contribution >= 0.6 is 0 Å². The summed E-state index contributed by atoms with van der Waals surface area (Å²) in [5.41, 5.74) is -3.33. The molecule has 0 amide bonds. The lowest BCUT2D eigenvalue weighted by atomic mass is 9.88. The van der Waals surface area contributed by atoms with Gasteiger partial charge in [0.05, 0.1) is 0 Å². The van der Waals surface area contributed by atoms with Gasteiger partial charge in [-0.15, -0.1) is 0 Å². The van der Waals surface area contributed by atoms with Crippen LogP contribution < -0.4 is 18.9 Å². The van der Waals surface area contributed by atoms with Gasteiger partial charge in [0.2, 0.25) is 5.78 Å². The minimum absolute atomic E-state index is 0.107. The first-order chi connectivity index (χ1) is 20.0. The molecule has 0 aliphatic heterocycles. The molecule has 0 aliphatic carbocycles. The predicted octanol–water partition coefficient (Wildman–Crippen LogP) is 1.43. The summed E-state index contributed by atoms with van der Waals surface area (Å²) in [6.07, 6.45) is 0.531. The number of hydrogen-bond donors (Lipinski definition) is 3. The molecule has 2 aromatic carbocycles. The van der Waals surface area contributed by atoms with Crippen molar-refractivity contribution in [3.05, 3.63) is 59.7 Å². The summed E-state index contributed by atoms with van der Waals surface area (Å²) in [4.78, 5) is 82.5. The number of hydrogen-bond acceptors (Lipinski definition) is 13. The molecule has 14 heteroatoms. The number of benzene rings is 2. The summed E-state index contributed by atoms with van der Waals surface area (Å²) in [5, 5.41) is 30.6. The third-order valence-corrected chi connectivity index (χ3v) is 5.18. The molecule has 0 heterocycles. The van der Waals surface area contributed by atoms with E-state index in [4.69, 9.17) is 18.9 Å². The molecule has 0 aliphatic rings. The van der Waals surface area contributed by atoms with Crippen LogP contribution in [-0.2, 0) is 33.6 Å². The topological polar surface area (TPSA) is 217 Å². The number of carbonyl (C=O) groups excluding carboxylic acids is 6. The van der Waals surface area contributed by atoms with Crippen LogP contribution in [0.25, 0.3) is 12.2 Å². The van der Waals surface area contributed by atoms with Gasteiger partial charge in [0, 0.05) is 27.7 Å². The number of aliphatic hydroxyl groups excluding tert-OH is 1. The van der Waals surface area contributed by atoms with E-state index in [1.54, 1.807) is 0 Å². The van der Waals surface area contributed by atoms with E-state index in [2.05, 4.69) is 0 Å². The van der Waals surface area contributed by atoms with Crippen LogP contribution in [0.1, 0.15) is 38.8 Å². The standard InChI is InChI=1S/C29H26O14/c1-15(30)40-22-10-6-19(13-24(22)42-17(3)32)5-9-21(34)27(36)29(39,28(37)38)26(35)12-8-20-7-11-23(41-16(2)31)25(14-20)43-18(4)33/h5-14,27,36,39H,1-4H3,(H,37,38). The number of rotatable bonds is 12. The Hall–Kier alpha value is -5.47. The lowest BCUT2D eigenvalue weighted by Crippen LogP contribution is -2.58. The molecule has 2 unspecified atom stereocenters. The van der Waals surface area contributed by atoms with Crippen molar-refractivity contribution in [3.63, 3.8) is 0 Å². The summed E-state index contributed by atoms with van der Waals surface area (Å²) in [5.74, 6) is -8.74. The summed E-state index contributed by atoms with van der Waals surface area (Å²) < 4.78 is 19.8. The van der Waals surface area contributed by atoms with Crippen LogP contribution in [-0.4, -0.2) is 68.4 Å². The van der Waals surface area contributed by atoms with Gasteiger partial charge >= 0.3 is 29.8 Å². The van der Waals surface area contributed by atoms with Crippen LogP contribution in [0.2, 0.25) is 0 Å². The molecule has 0 saturated heterocycles. The zero-order chi connectivity index (χ0) is 32.5. The van der Waals surface area contributed by atoms with Gasteiger partial charge < -0.3 is 34.3 Å². The first-order valence-corrected chi connectivity index (χ1v) is 12.1. The van der Waals surface area contributed by atoms with Crippen molar-refractivity contribution in [2.24, 2.45) is 0 Å². The maximum absolute atomic E-state index is 12.7. The van der Waals surface area contributed by atoms with E-state index in [1.807, 2.05) is 0 Å². The zero-order valence-electron chi connectivity index (χ0n) is 23.2. The number of esters is 4. The van der Waals surface area contributed by atoms with Crippen molar-refractivity contribution in [2.45, 2.75) is 39.4 Å². The predicted molar refractivity (Wildman–Crippen MR) is 145 cm³/mol. The fourth-order valence-corrected chi connectivity index (χ4v) is 3.34. The summed E-state index contributed by atoms with van der Waals surface area (Å²) in [6.45, 7) is 4.41. The Balaban J connectivity index is 2.32. The van der Waals surface area contributed by atoms with Gasteiger partial charge in [-0.2, -0.15) is 0 Å². The Morgan fingerprint density at radius 3 is 1.40 bits per heavy atom. The third-order valence-electron chi connectivity index (χ3n) is 5.18. The Morgan fingerprint density at radius 1 is 0.651 bits per heavy atom. The minimum Gasteiger partial charge on any atom is -0.479 e. The second-order valence-corrected chi connectivity index (χ2v) is 8.69. The molecule has 43 heavy (non-hydrogen) atoms. The second kappa shape index (κ2) is 14.4. The molecule has 2 aromatic rings. The normalized spacial score (nSPS) is 13.1. The molecule has 0 spiro atoms. The highest BCUT2D eigenvalue weighted by atomic mass is 16.6. The molecule has 0 radical (unpaired) electrons. The average molecular weight is 599 g/mol. The van der Waals surface area contributed by atoms with Crippen molar-refractivity contribution < 1.29 is 67.8 Å². The highest BCUT2D eigenvalue weighted by molar-refractivity contribution is 6.18. The van der Waals surface area contributed by atoms with E-state index in [9.17, 15) is 48.9 Å². The minimum atomic E-state index is -3.61. The fourth-order valence-electron chi connectivity index (χ4n) is 3.34. The maximum Gasteiger partial charge on any atom is 0.347 e. The van der Waals surface area contributed by atoms with E-state index >= 15 is 0 Å². The number of aliphatic hydroxyl groups is 2. The summed E-state index contributed by atoms with van der Waals surface area (Å²) in [6, 6.07) is 7.47. The largest absolute Gasteiger partial charge is 0.479 e. The van der Waals surface area contributed by atoms with Crippen molar-refractivity contribution in [2.75, 3.05) is 0 Å². The highest BCUT2D eigenvalue weighted by Gasteiger charge is 2.52. The number of carboxylic acids is 1. The summed E-state index contributed by atoms with van der Waals surface area (Å²) in [7, 11) is 0. The molecule has 2 rings (SSSR count). The smallest absolute Gasteiger partial charge is 0.347 e. The van der Waals surface area contributed by atoms with Crippen LogP contribution in [0.5, 0.6) is 23.0 Å². The van der Waals surface area contributed by atoms with Crippen LogP contribution in [0, 0.1) is 0 Å². The molecule has 0 saturated carbocycles. The van der Waals surface area contributed by atoms with E-state index < -0.39 is 53.1 Å². The van der Waals surface area contributed by atoms with Crippen molar-refractivity contribution >= 4 is 53.6 Å². The number of carboxylic acid groups (broad SMARTS) is 1. The van der Waals surface area contributed by atoms with Crippen LogP contribution in [0.3, 0.4) is 0 Å². The lowest BCUT2D eigenvalue weighted by molar-refractivity contribution is -0.177. The molecule has 3 N–H and O–H groups in total. The lowest BCUT2D eigenvalue weighted by Gasteiger charge is -2.24. The number of ketones is 2. The van der Waals surface area contributed by atoms with Gasteiger partial charge in [0.1, 0.15) is 0 Å². The Kier molecular flexibility index (Phi) is 11.3. The molecular weight excluding hydrogens is 572 g/mol. The van der Waals surface area contributed by atoms with Crippen LogP contribution in [0.15, 0.2) is 48.6 Å². The maximum atomic E-state index is 12.7. The molecule has 14 nitrogen and oxygen atoms in total. The van der Waals surface area contributed by atoms with Crippen molar-refractivity contribution in [1.82, 2.24) is 0 Å². The molecule has 2 atom stereocenters. The van der Waals surface area contributed by atoms with Gasteiger partial charge in [-0.1, -0.05) is 24.3 Å². The van der Waals surface area contributed by atoms with E-state index in [-0.39, 0.29) is 34.1 Å². The van der Waals surface area contributed by atoms with Gasteiger partial charge in [0.25, 0.3) is 5.60 Å². The van der Waals surface area contributed by atoms with E-state index in [0.717, 1.165) is 39.8 Å². The second-order valence-electron chi connectivity index (χ2n) is 8.69. The van der Waals surface area contributed by atoms with Crippen LogP contribution in [0.4, 0.5) is 0 Å². The average Bonchev–Trinajstić information content (AvgIpc) is 2.90. The summed E-state index contributed by atoms with van der Waals surface area (Å²) >= 11 is 0. The Morgan fingerprint density at radius 2 is 1.02 bits per heavy atom. The molecular formula is C29H26O14. The van der Waals surface area contributed by atoms with Crippen molar-refractivity contribution in [3.8, 4) is 23.0 Å². The first-order valence-electron chi connectivity index (χ1n) is 12.1. The Labute approximate surface area is 243 Å². The van der Waals surface area contributed by atoms with Crippen molar-refractivity contribution in [1.29, 1.82) is 0 Å².